The second-order valence-electron chi connectivity index (χ2n) is 5.87. The molecule has 3 aromatic heterocycles. The molecule has 3 heterocycles. The average Bonchev–Trinajstić information content (AvgIpc) is 2.72. The van der Waals surface area contributed by atoms with E-state index in [9.17, 15) is 21.0 Å². The predicted octanol–water partition coefficient (Wildman–Crippen LogP) is 1.98. The molecule has 0 spiro atoms. The molecule has 9 heteroatoms. The summed E-state index contributed by atoms with van der Waals surface area (Å²) in [4.78, 5) is 12.9. The second-order valence-corrected chi connectivity index (χ2v) is 5.87. The van der Waals surface area contributed by atoms with Crippen LogP contribution in [0.4, 0.5) is 11.5 Å². The summed E-state index contributed by atoms with van der Waals surface area (Å²) < 4.78 is 0. The Morgan fingerprint density at radius 3 is 1.82 bits per heavy atom. The van der Waals surface area contributed by atoms with Gasteiger partial charge in [0.25, 0.3) is 0 Å². The van der Waals surface area contributed by atoms with E-state index >= 15 is 0 Å². The molecule has 4 rings (SSSR count). The van der Waals surface area contributed by atoms with E-state index in [1.165, 1.54) is 6.07 Å². The molecular weight excluding hydrogens is 354 g/mol. The molecule has 0 radical (unpaired) electrons. The van der Waals surface area contributed by atoms with E-state index in [0.29, 0.717) is 27.2 Å². The van der Waals surface area contributed by atoms with Gasteiger partial charge in [0.05, 0.1) is 27.8 Å². The van der Waals surface area contributed by atoms with E-state index in [1.54, 1.807) is 12.1 Å². The van der Waals surface area contributed by atoms with Gasteiger partial charge in [-0.1, -0.05) is 0 Å². The fraction of sp³-hybridized carbons (Fsp3) is 0. The van der Waals surface area contributed by atoms with Crippen LogP contribution in [0.2, 0.25) is 0 Å². The third kappa shape index (κ3) is 2.12. The Hall–Kier alpha value is -4.99. The summed E-state index contributed by atoms with van der Waals surface area (Å²) in [6.07, 6.45) is 0. The zero-order chi connectivity index (χ0) is 20.0. The van der Waals surface area contributed by atoms with Crippen LogP contribution in [0, 0.1) is 45.3 Å². The van der Waals surface area contributed by atoms with Gasteiger partial charge in [-0.05, 0) is 18.2 Å². The Kier molecular flexibility index (Phi) is 3.40. The minimum atomic E-state index is -0.0728. The highest BCUT2D eigenvalue weighted by molar-refractivity contribution is 6.23. The topological polar surface area (TPSA) is 186 Å². The molecule has 1 aromatic carbocycles. The summed E-state index contributed by atoms with van der Waals surface area (Å²) in [5, 5.41) is 38.7. The van der Waals surface area contributed by atoms with E-state index in [1.807, 2.05) is 24.3 Å². The highest BCUT2D eigenvalue weighted by Crippen LogP contribution is 2.35. The largest absolute Gasteiger partial charge is 0.396 e. The van der Waals surface area contributed by atoms with Crippen LogP contribution < -0.4 is 11.5 Å². The van der Waals surface area contributed by atoms with Crippen molar-refractivity contribution in [3.05, 3.63) is 40.7 Å². The number of pyridine rings is 3. The van der Waals surface area contributed by atoms with Crippen molar-refractivity contribution in [2.75, 3.05) is 11.5 Å². The van der Waals surface area contributed by atoms with E-state index in [4.69, 9.17) is 11.5 Å². The highest BCUT2D eigenvalue weighted by Gasteiger charge is 2.18. The summed E-state index contributed by atoms with van der Waals surface area (Å²) in [6.45, 7) is 0. The Morgan fingerprint density at radius 1 is 0.607 bits per heavy atom. The van der Waals surface area contributed by atoms with E-state index in [2.05, 4.69) is 15.0 Å². The second kappa shape index (κ2) is 5.78. The SMILES string of the molecule is N#Cc1cc2c3cc(N)c(C#N)nc3c3cc(C#N)c(C#N)nc3c2nc1N. The molecule has 0 aliphatic heterocycles. The fourth-order valence-electron chi connectivity index (χ4n) is 3.08. The molecule has 128 valence electrons. The number of hydrogen-bond acceptors (Lipinski definition) is 9. The number of nitrogens with two attached hydrogens (primary N) is 2. The van der Waals surface area contributed by atoms with Crippen LogP contribution in [-0.2, 0) is 0 Å². The molecule has 0 bridgehead atoms. The average molecular weight is 361 g/mol. The van der Waals surface area contributed by atoms with Crippen LogP contribution in [-0.4, -0.2) is 15.0 Å². The summed E-state index contributed by atoms with van der Waals surface area (Å²) >= 11 is 0. The maximum absolute atomic E-state index is 9.35. The molecule has 9 nitrogen and oxygen atoms in total. The number of nitriles is 4. The van der Waals surface area contributed by atoms with Crippen LogP contribution in [0.5, 0.6) is 0 Å². The molecular formula is C19H7N9. The molecule has 0 aliphatic rings. The molecule has 0 atom stereocenters. The van der Waals surface area contributed by atoms with Crippen LogP contribution in [0.25, 0.3) is 32.7 Å². The molecule has 4 N–H and O–H groups in total. The maximum atomic E-state index is 9.35. The molecule has 0 saturated heterocycles. The summed E-state index contributed by atoms with van der Waals surface area (Å²) in [6, 6.07) is 12.3. The minimum Gasteiger partial charge on any atom is -0.396 e. The lowest BCUT2D eigenvalue weighted by atomic mass is 9.99. The van der Waals surface area contributed by atoms with Gasteiger partial charge >= 0.3 is 0 Å². The summed E-state index contributed by atoms with van der Waals surface area (Å²) in [5.41, 5.74) is 13.1. The van der Waals surface area contributed by atoms with Crippen molar-refractivity contribution >= 4 is 44.2 Å². The highest BCUT2D eigenvalue weighted by atomic mass is 14.9. The van der Waals surface area contributed by atoms with E-state index in [-0.39, 0.29) is 39.5 Å². The zero-order valence-corrected chi connectivity index (χ0v) is 14.0. The first-order valence-electron chi connectivity index (χ1n) is 7.80. The van der Waals surface area contributed by atoms with Crippen molar-refractivity contribution in [3.8, 4) is 24.3 Å². The predicted molar refractivity (Wildman–Crippen MR) is 100 cm³/mol. The fourth-order valence-corrected chi connectivity index (χ4v) is 3.08. The number of fused-ring (bicyclic) bond motifs is 6. The van der Waals surface area contributed by atoms with Gasteiger partial charge in [0.15, 0.2) is 11.4 Å². The van der Waals surface area contributed by atoms with E-state index in [0.717, 1.165) is 0 Å². The van der Waals surface area contributed by atoms with Crippen LogP contribution in [0.1, 0.15) is 22.5 Å². The molecule has 0 unspecified atom stereocenters. The number of aromatic nitrogens is 3. The van der Waals surface area contributed by atoms with Gasteiger partial charge in [0.2, 0.25) is 0 Å². The normalized spacial score (nSPS) is 10.3. The number of rotatable bonds is 0. The quantitative estimate of drug-likeness (QED) is 0.441. The van der Waals surface area contributed by atoms with Crippen molar-refractivity contribution in [3.63, 3.8) is 0 Å². The van der Waals surface area contributed by atoms with Gasteiger partial charge < -0.3 is 11.5 Å². The van der Waals surface area contributed by atoms with Gasteiger partial charge in [-0.15, -0.1) is 0 Å². The number of nitrogen functional groups attached to an aromatic ring is 2. The van der Waals surface area contributed by atoms with Crippen molar-refractivity contribution in [1.82, 2.24) is 15.0 Å². The van der Waals surface area contributed by atoms with Gasteiger partial charge in [-0.25, -0.2) is 15.0 Å². The number of benzene rings is 1. The Bertz CT molecular complexity index is 1480. The monoisotopic (exact) mass is 361 g/mol. The van der Waals surface area contributed by atoms with Crippen LogP contribution >= 0.6 is 0 Å². The lowest BCUT2D eigenvalue weighted by molar-refractivity contribution is 1.28. The molecule has 0 amide bonds. The van der Waals surface area contributed by atoms with Crippen molar-refractivity contribution < 1.29 is 0 Å². The van der Waals surface area contributed by atoms with Gasteiger partial charge in [0, 0.05) is 16.2 Å². The zero-order valence-electron chi connectivity index (χ0n) is 14.0. The van der Waals surface area contributed by atoms with Crippen LogP contribution in [0.15, 0.2) is 18.2 Å². The van der Waals surface area contributed by atoms with Gasteiger partial charge in [-0.3, -0.25) is 0 Å². The third-order valence-electron chi connectivity index (χ3n) is 4.35. The summed E-state index contributed by atoms with van der Waals surface area (Å²) in [5.74, 6) is 0.00916. The van der Waals surface area contributed by atoms with Crippen LogP contribution in [0.3, 0.4) is 0 Å². The molecule has 4 aromatic rings. The number of hydrogen-bond donors (Lipinski definition) is 2. The van der Waals surface area contributed by atoms with Crippen molar-refractivity contribution in [2.24, 2.45) is 0 Å². The maximum Gasteiger partial charge on any atom is 0.164 e. The standard InChI is InChI=1S/C19H7N9/c20-4-8-1-12-16-11(3-13(24)15(7-23)27-16)10-2-9(5-21)19(25)28-17(10)18(12)26-14(8)6-22/h1-3H,24H2,(H2,25,28). The van der Waals surface area contributed by atoms with Crippen molar-refractivity contribution in [1.29, 1.82) is 21.0 Å². The molecule has 28 heavy (non-hydrogen) atoms. The first-order valence-corrected chi connectivity index (χ1v) is 7.80. The van der Waals surface area contributed by atoms with Crippen molar-refractivity contribution in [2.45, 2.75) is 0 Å². The summed E-state index contributed by atoms with van der Waals surface area (Å²) in [7, 11) is 0. The molecule has 0 aliphatic carbocycles. The first kappa shape index (κ1) is 16.5. The Morgan fingerprint density at radius 2 is 1.18 bits per heavy atom. The number of anilines is 2. The third-order valence-corrected chi connectivity index (χ3v) is 4.35. The number of nitrogens with zero attached hydrogens (tertiary/aromatic N) is 7. The lowest BCUT2D eigenvalue weighted by Crippen LogP contribution is -2.01. The Balaban J connectivity index is 2.40. The van der Waals surface area contributed by atoms with Gasteiger partial charge in [0.1, 0.15) is 35.6 Å². The first-order chi connectivity index (χ1) is 13.5. The van der Waals surface area contributed by atoms with E-state index < -0.39 is 0 Å². The molecule has 0 saturated carbocycles. The Labute approximate surface area is 157 Å². The molecule has 0 fully saturated rings. The smallest absolute Gasteiger partial charge is 0.164 e. The minimum absolute atomic E-state index is 0.00916. The lowest BCUT2D eigenvalue weighted by Gasteiger charge is -2.11. The van der Waals surface area contributed by atoms with Gasteiger partial charge in [-0.2, -0.15) is 21.0 Å².